The molecule has 25 heteroatoms. The van der Waals surface area contributed by atoms with Gasteiger partial charge in [0.25, 0.3) is 11.8 Å². The van der Waals surface area contributed by atoms with Crippen molar-refractivity contribution in [1.29, 1.82) is 0 Å². The fraction of sp³-hybridized carbons (Fsp3) is 0.250. The number of aromatic nitrogens is 1. The molecule has 4 aliphatic heterocycles. The number of aliphatic imine (C=N–C) groups is 1. The van der Waals surface area contributed by atoms with E-state index in [1.165, 1.54) is 52.2 Å². The minimum Gasteiger partial charge on any atom is -0.478 e. The van der Waals surface area contributed by atoms with Crippen molar-refractivity contribution in [3.63, 3.8) is 0 Å². The molecule has 298 valence electrons. The van der Waals surface area contributed by atoms with Crippen LogP contribution in [0.1, 0.15) is 38.1 Å². The van der Waals surface area contributed by atoms with Crippen LogP contribution in [0, 0.1) is 0 Å². The fourth-order valence-corrected chi connectivity index (χ4v) is 8.65. The molecular formula is C32H29N9O13S3. The van der Waals surface area contributed by atoms with Gasteiger partial charge < -0.3 is 40.7 Å². The topological polar surface area (TPSA) is 305 Å². The molecule has 7 N–H and O–H groups in total. The van der Waals surface area contributed by atoms with Gasteiger partial charge in [0.2, 0.25) is 6.10 Å². The molecule has 1 aromatic carbocycles. The number of nitrogen functional groups attached to an aromatic ring is 1. The molecule has 6 rings (SSSR count). The highest BCUT2D eigenvalue weighted by Crippen LogP contribution is 2.42. The van der Waals surface area contributed by atoms with Crippen molar-refractivity contribution in [3.05, 3.63) is 69.2 Å². The number of hydrazine groups is 2. The maximum Gasteiger partial charge on any atom is 0.427 e. The number of anilines is 1. The number of carbonyl (C=O) groups excluding carboxylic acids is 4. The second-order valence-electron chi connectivity index (χ2n) is 11.9. The lowest BCUT2D eigenvalue weighted by Gasteiger charge is -2.49. The molecule has 0 spiro atoms. The summed E-state index contributed by atoms with van der Waals surface area (Å²) in [6.07, 6.45) is -0.232. The van der Waals surface area contributed by atoms with Gasteiger partial charge in [-0.15, -0.1) is 40.4 Å². The van der Waals surface area contributed by atoms with Gasteiger partial charge in [0.15, 0.2) is 28.2 Å². The third kappa shape index (κ3) is 8.54. The van der Waals surface area contributed by atoms with Gasteiger partial charge in [-0.1, -0.05) is 11.2 Å². The van der Waals surface area contributed by atoms with Crippen LogP contribution in [0.4, 0.5) is 9.93 Å². The van der Waals surface area contributed by atoms with Gasteiger partial charge >= 0.3 is 30.0 Å². The quantitative estimate of drug-likeness (QED) is 0.0546. The van der Waals surface area contributed by atoms with Gasteiger partial charge in [-0.25, -0.2) is 29.4 Å². The van der Waals surface area contributed by atoms with E-state index >= 15 is 0 Å². The Hall–Kier alpha value is -6.44. The Kier molecular flexibility index (Phi) is 11.5. The SMILES string of the molecule is CC(=O)Oc1ccc([C@H](ON=C(C(=O)N[C@@H]2C(=O)N3C(C(=O)O)=C(CSC4=CC(C)=NC5=CN(C(=O)O)NN54)CS[C@H]23)c2csc(N)n2)C(=O)O)cc1OC(C)=O. The number of thioether (sulfide) groups is 2. The molecule has 0 unspecified atom stereocenters. The predicted octanol–water partition coefficient (Wildman–Crippen LogP) is 1.42. The van der Waals surface area contributed by atoms with Gasteiger partial charge in [0, 0.05) is 42.0 Å². The van der Waals surface area contributed by atoms with E-state index in [-0.39, 0.29) is 45.1 Å². The molecule has 3 atom stereocenters. The highest BCUT2D eigenvalue weighted by molar-refractivity contribution is 8.03. The molecule has 1 saturated heterocycles. The third-order valence-corrected chi connectivity index (χ3v) is 11.0. The number of thiazole rings is 1. The zero-order chi connectivity index (χ0) is 41.3. The first-order valence-corrected chi connectivity index (χ1v) is 19.0. The molecule has 0 radical (unpaired) electrons. The molecule has 2 aromatic rings. The van der Waals surface area contributed by atoms with E-state index in [9.17, 15) is 48.9 Å². The van der Waals surface area contributed by atoms with E-state index in [1.54, 1.807) is 13.0 Å². The van der Waals surface area contributed by atoms with Crippen LogP contribution in [-0.4, -0.2) is 111 Å². The van der Waals surface area contributed by atoms with E-state index in [2.05, 4.69) is 26.0 Å². The fourth-order valence-electron chi connectivity index (χ4n) is 5.54. The maximum absolute atomic E-state index is 13.7. The average Bonchev–Trinajstić information content (AvgIpc) is 3.77. The summed E-state index contributed by atoms with van der Waals surface area (Å²) in [7, 11) is 0. The number of carboxylic acid groups (broad SMARTS) is 3. The van der Waals surface area contributed by atoms with Crippen LogP contribution in [0.5, 0.6) is 11.5 Å². The van der Waals surface area contributed by atoms with Crippen LogP contribution >= 0.6 is 34.9 Å². The summed E-state index contributed by atoms with van der Waals surface area (Å²) < 4.78 is 10.1. The van der Waals surface area contributed by atoms with E-state index in [0.29, 0.717) is 22.1 Å². The van der Waals surface area contributed by atoms with Crippen LogP contribution in [0.2, 0.25) is 0 Å². The summed E-state index contributed by atoms with van der Waals surface area (Å²) in [6.45, 7) is 3.89. The average molecular weight is 844 g/mol. The zero-order valence-corrected chi connectivity index (χ0v) is 32.0. The smallest absolute Gasteiger partial charge is 0.427 e. The molecule has 22 nitrogen and oxygen atoms in total. The Morgan fingerprint density at radius 2 is 1.84 bits per heavy atom. The number of allylic oxidation sites excluding steroid dienone is 1. The van der Waals surface area contributed by atoms with Crippen molar-refractivity contribution < 1.29 is 63.2 Å². The standard InChI is InChI=1S/C32H29N9O13S3/c1-12-6-21(41-20(34-12)8-39(38-41)32(50)51)55-9-16-10-56-28-23(27(45)40(28)24(16)29(46)47)36-26(44)22(17-11-57-31(33)35-17)37-54-25(30(48)49)15-4-5-18(52-13(2)42)19(7-15)53-14(3)43/h4-8,11,23,25,28,38H,9-10H2,1-3H3,(H2,33,35)(H,36,44)(H,46,47)(H,48,49)(H,50,51)/t23-,25+,28-/m1/s1. The van der Waals surface area contributed by atoms with E-state index < -0.39 is 65.0 Å². The number of oxime groups is 1. The van der Waals surface area contributed by atoms with Crippen molar-refractivity contribution >= 4 is 93.2 Å². The first kappa shape index (κ1) is 40.2. The number of nitrogens with two attached hydrogens (primary N) is 1. The van der Waals surface area contributed by atoms with Crippen molar-refractivity contribution in [3.8, 4) is 11.5 Å². The van der Waals surface area contributed by atoms with Crippen molar-refractivity contribution in [2.45, 2.75) is 38.3 Å². The number of aliphatic carboxylic acids is 2. The predicted molar refractivity (Wildman–Crippen MR) is 200 cm³/mol. The first-order valence-electron chi connectivity index (χ1n) is 16.1. The summed E-state index contributed by atoms with van der Waals surface area (Å²) in [5, 5.41) is 39.2. The highest BCUT2D eigenvalue weighted by atomic mass is 32.2. The number of hydrogen-bond acceptors (Lipinski definition) is 19. The van der Waals surface area contributed by atoms with E-state index in [0.717, 1.165) is 41.2 Å². The number of carbonyl (C=O) groups is 7. The van der Waals surface area contributed by atoms with Crippen molar-refractivity contribution in [2.24, 2.45) is 10.1 Å². The monoisotopic (exact) mass is 843 g/mol. The van der Waals surface area contributed by atoms with Gasteiger partial charge in [-0.3, -0.25) is 24.1 Å². The number of benzene rings is 1. The van der Waals surface area contributed by atoms with Crippen LogP contribution < -0.4 is 26.1 Å². The summed E-state index contributed by atoms with van der Waals surface area (Å²) in [5.74, 6) is -6.25. The second-order valence-corrected chi connectivity index (χ2v) is 14.9. The number of amides is 3. The molecule has 0 bridgehead atoms. The normalized spacial score (nSPS) is 19.3. The number of nitrogens with one attached hydrogen (secondary N) is 2. The number of carboxylic acids is 2. The largest absolute Gasteiger partial charge is 0.478 e. The lowest BCUT2D eigenvalue weighted by atomic mass is 10.0. The second kappa shape index (κ2) is 16.3. The summed E-state index contributed by atoms with van der Waals surface area (Å²) >= 11 is 3.30. The Morgan fingerprint density at radius 1 is 1.12 bits per heavy atom. The molecule has 57 heavy (non-hydrogen) atoms. The zero-order valence-electron chi connectivity index (χ0n) is 29.5. The van der Waals surface area contributed by atoms with E-state index in [4.69, 9.17) is 20.0 Å². The number of rotatable bonds is 13. The Labute approximate surface area is 332 Å². The third-order valence-electron chi connectivity index (χ3n) is 7.89. The summed E-state index contributed by atoms with van der Waals surface area (Å²) in [4.78, 5) is 102. The molecule has 1 aromatic heterocycles. The number of hydrogen-bond donors (Lipinski definition) is 6. The molecule has 0 aliphatic carbocycles. The maximum atomic E-state index is 13.7. The Morgan fingerprint density at radius 3 is 2.47 bits per heavy atom. The lowest BCUT2D eigenvalue weighted by Crippen LogP contribution is -2.71. The summed E-state index contributed by atoms with van der Waals surface area (Å²) in [6, 6.07) is 2.20. The Bertz CT molecular complexity index is 2270. The van der Waals surface area contributed by atoms with Gasteiger partial charge in [0.05, 0.1) is 11.2 Å². The molecule has 4 aliphatic rings. The number of esters is 2. The number of fused-ring (bicyclic) bond motifs is 2. The number of nitrogens with zero attached hydrogens (tertiary/aromatic N) is 6. The molecular weight excluding hydrogens is 815 g/mol. The Balaban J connectivity index is 1.20. The highest BCUT2D eigenvalue weighted by Gasteiger charge is 2.54. The number of β-lactam (4-membered cyclic amide) rings is 1. The van der Waals surface area contributed by atoms with Crippen LogP contribution in [-0.2, 0) is 33.6 Å². The molecule has 1 fully saturated rings. The molecule has 5 heterocycles. The van der Waals surface area contributed by atoms with Gasteiger partial charge in [-0.05, 0) is 30.7 Å². The van der Waals surface area contributed by atoms with Crippen LogP contribution in [0.15, 0.2) is 68.1 Å². The number of ether oxygens (including phenoxy) is 2. The minimum absolute atomic E-state index is 0.0149. The van der Waals surface area contributed by atoms with Crippen LogP contribution in [0.25, 0.3) is 0 Å². The van der Waals surface area contributed by atoms with Gasteiger partial charge in [-0.2, -0.15) is 5.01 Å². The molecule has 3 amide bonds. The van der Waals surface area contributed by atoms with Crippen LogP contribution in [0.3, 0.4) is 0 Å². The van der Waals surface area contributed by atoms with Crippen molar-refractivity contribution in [2.75, 3.05) is 17.2 Å². The van der Waals surface area contributed by atoms with E-state index in [1.807, 2.05) is 0 Å². The first-order chi connectivity index (χ1) is 27.0. The summed E-state index contributed by atoms with van der Waals surface area (Å²) in [5.41, 5.74) is 8.28. The van der Waals surface area contributed by atoms with Gasteiger partial charge in [0.1, 0.15) is 22.8 Å². The lowest BCUT2D eigenvalue weighted by molar-refractivity contribution is -0.151. The van der Waals surface area contributed by atoms with Crippen molar-refractivity contribution in [1.82, 2.24) is 30.8 Å². The molecule has 0 saturated carbocycles. The minimum atomic E-state index is -1.92.